The first-order valence-electron chi connectivity index (χ1n) is 10.2. The van der Waals surface area contributed by atoms with Gasteiger partial charge < -0.3 is 15.0 Å². The third-order valence-corrected chi connectivity index (χ3v) is 4.87. The molecular weight excluding hydrogens is 397 g/mol. The number of rotatable bonds is 7. The number of pyridine rings is 1. The number of anilines is 3. The minimum absolute atomic E-state index is 0.122. The SMILES string of the molecule is CCc1cccc(Nc2ccc(CN=Nc3ncc(F)c(N4CCOCC4)n3)nc2)c1. The Morgan fingerprint density at radius 1 is 1.10 bits per heavy atom. The maximum atomic E-state index is 14.1. The Morgan fingerprint density at radius 2 is 1.97 bits per heavy atom. The maximum Gasteiger partial charge on any atom is 0.270 e. The smallest absolute Gasteiger partial charge is 0.270 e. The Balaban J connectivity index is 1.36. The highest BCUT2D eigenvalue weighted by Gasteiger charge is 2.17. The van der Waals surface area contributed by atoms with Gasteiger partial charge in [-0.1, -0.05) is 19.1 Å². The number of benzene rings is 1. The average Bonchev–Trinajstić information content (AvgIpc) is 2.82. The molecule has 3 heterocycles. The van der Waals surface area contributed by atoms with E-state index in [-0.39, 0.29) is 18.3 Å². The fourth-order valence-corrected chi connectivity index (χ4v) is 3.19. The second kappa shape index (κ2) is 10.0. The topological polar surface area (TPSA) is 87.9 Å². The molecule has 1 fully saturated rings. The Bertz CT molecular complexity index is 1040. The van der Waals surface area contributed by atoms with Crippen molar-refractivity contribution in [1.29, 1.82) is 0 Å². The number of hydrogen-bond donors (Lipinski definition) is 1. The number of aromatic nitrogens is 3. The molecule has 31 heavy (non-hydrogen) atoms. The number of azo groups is 1. The largest absolute Gasteiger partial charge is 0.378 e. The van der Waals surface area contributed by atoms with Gasteiger partial charge in [-0.2, -0.15) is 10.1 Å². The van der Waals surface area contributed by atoms with Gasteiger partial charge in [0.15, 0.2) is 11.6 Å². The number of aryl methyl sites for hydroxylation is 1. The summed E-state index contributed by atoms with van der Waals surface area (Å²) < 4.78 is 19.4. The maximum absolute atomic E-state index is 14.1. The Hall–Kier alpha value is -3.46. The molecule has 3 aromatic rings. The molecule has 0 aliphatic carbocycles. The number of morpholine rings is 1. The molecule has 0 spiro atoms. The lowest BCUT2D eigenvalue weighted by molar-refractivity contribution is 0.122. The van der Waals surface area contributed by atoms with Crippen LogP contribution in [0, 0.1) is 5.82 Å². The van der Waals surface area contributed by atoms with Gasteiger partial charge in [0.1, 0.15) is 6.54 Å². The van der Waals surface area contributed by atoms with Crippen LogP contribution in [0.4, 0.5) is 27.5 Å². The van der Waals surface area contributed by atoms with Crippen LogP contribution < -0.4 is 10.2 Å². The van der Waals surface area contributed by atoms with Crippen LogP contribution in [-0.2, 0) is 17.7 Å². The molecule has 1 saturated heterocycles. The molecule has 0 unspecified atom stereocenters. The van der Waals surface area contributed by atoms with Crippen molar-refractivity contribution >= 4 is 23.1 Å². The van der Waals surface area contributed by atoms with Crippen molar-refractivity contribution in [1.82, 2.24) is 15.0 Å². The van der Waals surface area contributed by atoms with Crippen LogP contribution in [0.15, 0.2) is 59.0 Å². The minimum Gasteiger partial charge on any atom is -0.378 e. The molecule has 1 aliphatic rings. The standard InChI is InChI=1S/C22H24FN7O/c1-2-16-4-3-5-17(12-16)27-19-7-6-18(24-13-19)14-26-29-22-25-15-20(23)21(28-22)30-8-10-31-11-9-30/h3-7,12-13,15,27H,2,8-11,14H2,1H3. The lowest BCUT2D eigenvalue weighted by Crippen LogP contribution is -2.37. The number of ether oxygens (including phenoxy) is 1. The molecule has 4 rings (SSSR count). The second-order valence-electron chi connectivity index (χ2n) is 7.06. The number of nitrogens with one attached hydrogen (secondary N) is 1. The van der Waals surface area contributed by atoms with Crippen LogP contribution in [0.25, 0.3) is 0 Å². The summed E-state index contributed by atoms with van der Waals surface area (Å²) in [5.74, 6) is -0.125. The molecule has 1 aliphatic heterocycles. The molecule has 0 atom stereocenters. The number of hydrogen-bond acceptors (Lipinski definition) is 8. The zero-order chi connectivity index (χ0) is 21.5. The summed E-state index contributed by atoms with van der Waals surface area (Å²) in [5, 5.41) is 11.5. The number of nitrogens with zero attached hydrogens (tertiary/aromatic N) is 6. The molecule has 2 aromatic heterocycles. The van der Waals surface area contributed by atoms with Crippen molar-refractivity contribution in [3.63, 3.8) is 0 Å². The highest BCUT2D eigenvalue weighted by Crippen LogP contribution is 2.20. The first-order chi connectivity index (χ1) is 15.2. The Morgan fingerprint density at radius 3 is 2.74 bits per heavy atom. The van der Waals surface area contributed by atoms with E-state index in [4.69, 9.17) is 4.74 Å². The van der Waals surface area contributed by atoms with Crippen LogP contribution in [0.3, 0.4) is 0 Å². The van der Waals surface area contributed by atoms with Crippen LogP contribution >= 0.6 is 0 Å². The van der Waals surface area contributed by atoms with Gasteiger partial charge in [-0.15, -0.1) is 5.11 Å². The third-order valence-electron chi connectivity index (χ3n) is 4.87. The van der Waals surface area contributed by atoms with E-state index in [1.54, 1.807) is 6.20 Å². The van der Waals surface area contributed by atoms with E-state index in [0.29, 0.717) is 26.3 Å². The summed E-state index contributed by atoms with van der Waals surface area (Å²) in [5.41, 5.74) is 3.95. The van der Waals surface area contributed by atoms with Gasteiger partial charge >= 0.3 is 0 Å². The predicted molar refractivity (Wildman–Crippen MR) is 117 cm³/mol. The zero-order valence-electron chi connectivity index (χ0n) is 17.3. The van der Waals surface area contributed by atoms with Gasteiger partial charge in [-0.25, -0.2) is 9.37 Å². The molecule has 0 saturated carbocycles. The van der Waals surface area contributed by atoms with Crippen molar-refractivity contribution in [3.8, 4) is 0 Å². The summed E-state index contributed by atoms with van der Waals surface area (Å²) in [4.78, 5) is 14.3. The molecule has 0 amide bonds. The van der Waals surface area contributed by atoms with Gasteiger partial charge in [0.2, 0.25) is 0 Å². The number of halogens is 1. The van der Waals surface area contributed by atoms with E-state index < -0.39 is 5.82 Å². The third kappa shape index (κ3) is 5.58. The van der Waals surface area contributed by atoms with Crippen LogP contribution in [-0.4, -0.2) is 41.3 Å². The van der Waals surface area contributed by atoms with Gasteiger partial charge in [0.25, 0.3) is 5.95 Å². The highest BCUT2D eigenvalue weighted by atomic mass is 19.1. The summed E-state index contributed by atoms with van der Waals surface area (Å²) in [6.07, 6.45) is 3.87. The summed E-state index contributed by atoms with van der Waals surface area (Å²) in [7, 11) is 0. The van der Waals surface area contributed by atoms with Gasteiger partial charge in [-0.3, -0.25) is 4.98 Å². The van der Waals surface area contributed by atoms with E-state index in [9.17, 15) is 4.39 Å². The van der Waals surface area contributed by atoms with Crippen molar-refractivity contribution in [2.75, 3.05) is 36.5 Å². The zero-order valence-corrected chi connectivity index (χ0v) is 17.3. The van der Waals surface area contributed by atoms with Gasteiger partial charge in [0, 0.05) is 18.8 Å². The Labute approximate surface area is 180 Å². The molecule has 0 radical (unpaired) electrons. The van der Waals surface area contributed by atoms with Crippen molar-refractivity contribution < 1.29 is 9.13 Å². The minimum atomic E-state index is -0.477. The lowest BCUT2D eigenvalue weighted by atomic mass is 10.1. The monoisotopic (exact) mass is 421 g/mol. The summed E-state index contributed by atoms with van der Waals surface area (Å²) in [6.45, 7) is 4.65. The molecule has 1 aromatic carbocycles. The normalized spacial score (nSPS) is 14.2. The van der Waals surface area contributed by atoms with Crippen LogP contribution in [0.2, 0.25) is 0 Å². The average molecular weight is 421 g/mol. The van der Waals surface area contributed by atoms with E-state index >= 15 is 0 Å². The van der Waals surface area contributed by atoms with E-state index in [0.717, 1.165) is 29.7 Å². The predicted octanol–water partition coefficient (Wildman–Crippen LogP) is 4.44. The summed E-state index contributed by atoms with van der Waals surface area (Å²) >= 11 is 0. The van der Waals surface area contributed by atoms with Crippen molar-refractivity contribution in [2.45, 2.75) is 19.9 Å². The fourth-order valence-electron chi connectivity index (χ4n) is 3.19. The highest BCUT2D eigenvalue weighted by molar-refractivity contribution is 5.59. The molecular formula is C22H24FN7O. The van der Waals surface area contributed by atoms with E-state index in [1.807, 2.05) is 29.2 Å². The quantitative estimate of drug-likeness (QED) is 0.568. The van der Waals surface area contributed by atoms with Crippen LogP contribution in [0.1, 0.15) is 18.2 Å². The molecule has 1 N–H and O–H groups in total. The lowest BCUT2D eigenvalue weighted by Gasteiger charge is -2.27. The summed E-state index contributed by atoms with van der Waals surface area (Å²) in [6, 6.07) is 12.1. The van der Waals surface area contributed by atoms with E-state index in [1.165, 1.54) is 5.56 Å². The van der Waals surface area contributed by atoms with Gasteiger partial charge in [-0.05, 0) is 36.2 Å². The molecule has 160 valence electrons. The first kappa shape index (κ1) is 20.8. The van der Waals surface area contributed by atoms with Crippen molar-refractivity contribution in [3.05, 3.63) is 65.9 Å². The second-order valence-corrected chi connectivity index (χ2v) is 7.06. The van der Waals surface area contributed by atoms with Crippen molar-refractivity contribution in [2.24, 2.45) is 10.2 Å². The Kier molecular flexibility index (Phi) is 6.73. The first-order valence-corrected chi connectivity index (χ1v) is 10.2. The molecule has 8 nitrogen and oxygen atoms in total. The molecule has 0 bridgehead atoms. The van der Waals surface area contributed by atoms with Gasteiger partial charge in [0.05, 0.1) is 37.0 Å². The fraction of sp³-hybridized carbons (Fsp3) is 0.318. The molecule has 9 heteroatoms. The van der Waals surface area contributed by atoms with Crippen LogP contribution in [0.5, 0.6) is 0 Å². The van der Waals surface area contributed by atoms with E-state index in [2.05, 4.69) is 49.6 Å².